The fraction of sp³-hybridized carbons (Fsp3) is 0.458. The van der Waals surface area contributed by atoms with Crippen LogP contribution in [0.5, 0.6) is 5.88 Å². The quantitative estimate of drug-likeness (QED) is 0.465. The first-order valence-electron chi connectivity index (χ1n) is 10.6. The average molecular weight is 429 g/mol. The highest BCUT2D eigenvalue weighted by molar-refractivity contribution is 5.87. The Morgan fingerprint density at radius 2 is 1.68 bits per heavy atom. The summed E-state index contributed by atoms with van der Waals surface area (Å²) in [6, 6.07) is 7.27. The smallest absolute Gasteiger partial charge is 0.418 e. The van der Waals surface area contributed by atoms with Gasteiger partial charge in [0.05, 0.1) is 22.2 Å². The van der Waals surface area contributed by atoms with Gasteiger partial charge in [0.1, 0.15) is 12.4 Å². The van der Waals surface area contributed by atoms with Crippen LogP contribution in [0.4, 0.5) is 13.2 Å². The minimum atomic E-state index is -4.48. The number of nitrogens with zero attached hydrogens (tertiary/aromatic N) is 3. The molecule has 0 amide bonds. The van der Waals surface area contributed by atoms with Gasteiger partial charge in [-0.3, -0.25) is 4.98 Å². The van der Waals surface area contributed by atoms with E-state index in [2.05, 4.69) is 35.7 Å². The normalized spacial score (nSPS) is 20.1. The molecule has 0 bridgehead atoms. The summed E-state index contributed by atoms with van der Waals surface area (Å²) in [4.78, 5) is 12.5. The predicted molar refractivity (Wildman–Crippen MR) is 114 cm³/mol. The third kappa shape index (κ3) is 4.65. The van der Waals surface area contributed by atoms with E-state index in [1.165, 1.54) is 18.6 Å². The van der Waals surface area contributed by atoms with Crippen molar-refractivity contribution in [3.63, 3.8) is 0 Å². The van der Waals surface area contributed by atoms with Gasteiger partial charge in [-0.15, -0.1) is 0 Å². The molecular formula is C24H26F3N3O. The molecule has 3 aromatic rings. The molecule has 0 unspecified atom stereocenters. The van der Waals surface area contributed by atoms with E-state index in [1.54, 1.807) is 18.2 Å². The van der Waals surface area contributed by atoms with Crippen LogP contribution < -0.4 is 4.74 Å². The number of hydrogen-bond donors (Lipinski definition) is 0. The van der Waals surface area contributed by atoms with Crippen LogP contribution in [0.1, 0.15) is 52.0 Å². The van der Waals surface area contributed by atoms with Gasteiger partial charge in [0.15, 0.2) is 0 Å². The molecule has 0 atom stereocenters. The van der Waals surface area contributed by atoms with Gasteiger partial charge in [0.2, 0.25) is 5.88 Å². The summed E-state index contributed by atoms with van der Waals surface area (Å²) in [5.41, 5.74) is 0.304. The molecule has 31 heavy (non-hydrogen) atoms. The van der Waals surface area contributed by atoms with Crippen molar-refractivity contribution in [3.8, 4) is 17.1 Å². The van der Waals surface area contributed by atoms with Crippen molar-refractivity contribution in [3.05, 3.63) is 48.4 Å². The Balaban J connectivity index is 1.59. The fourth-order valence-electron chi connectivity index (χ4n) is 4.34. The second kappa shape index (κ2) is 8.09. The van der Waals surface area contributed by atoms with Crippen molar-refractivity contribution in [2.24, 2.45) is 11.3 Å². The molecule has 0 saturated heterocycles. The molecule has 1 saturated carbocycles. The largest absolute Gasteiger partial charge is 0.474 e. The van der Waals surface area contributed by atoms with Gasteiger partial charge in [0.25, 0.3) is 0 Å². The molecule has 1 aliphatic rings. The molecule has 1 aromatic carbocycles. The van der Waals surface area contributed by atoms with E-state index in [1.807, 2.05) is 0 Å². The lowest BCUT2D eigenvalue weighted by Crippen LogP contribution is -2.30. The number of hydrogen-bond acceptors (Lipinski definition) is 4. The summed E-state index contributed by atoms with van der Waals surface area (Å²) in [6.07, 6.45) is 2.52. The van der Waals surface area contributed by atoms with Gasteiger partial charge in [-0.25, -0.2) is 9.97 Å². The highest BCUT2D eigenvalue weighted by atomic mass is 19.4. The van der Waals surface area contributed by atoms with Gasteiger partial charge >= 0.3 is 6.18 Å². The third-order valence-corrected chi connectivity index (χ3v) is 6.16. The summed E-state index contributed by atoms with van der Waals surface area (Å²) in [7, 11) is 0. The average Bonchev–Trinajstić information content (AvgIpc) is 2.73. The second-order valence-corrected chi connectivity index (χ2v) is 9.27. The summed E-state index contributed by atoms with van der Waals surface area (Å²) in [5.74, 6) is 1.16. The molecule has 4 nitrogen and oxygen atoms in total. The molecule has 0 radical (unpaired) electrons. The van der Waals surface area contributed by atoms with E-state index in [4.69, 9.17) is 4.74 Å². The number of benzene rings is 1. The van der Waals surface area contributed by atoms with Crippen LogP contribution >= 0.6 is 0 Å². The molecule has 2 heterocycles. The maximum Gasteiger partial charge on any atom is 0.418 e. The van der Waals surface area contributed by atoms with E-state index in [0.29, 0.717) is 33.7 Å². The number of alkyl halides is 3. The zero-order chi connectivity index (χ0) is 22.2. The molecule has 1 fully saturated rings. The van der Waals surface area contributed by atoms with Crippen LogP contribution in [-0.2, 0) is 6.18 Å². The predicted octanol–water partition coefficient (Wildman–Crippen LogP) is 6.69. The molecule has 0 N–H and O–H groups in total. The number of ether oxygens (including phenoxy) is 1. The van der Waals surface area contributed by atoms with Crippen LogP contribution in [0.2, 0.25) is 0 Å². The van der Waals surface area contributed by atoms with Crippen molar-refractivity contribution in [2.45, 2.75) is 58.7 Å². The SMILES string of the molecule is CC(C)(C)C1CCC(Oc2ncnc3cc(-c4ncccc4C(F)(F)F)ccc23)CC1. The topological polar surface area (TPSA) is 47.9 Å². The Labute approximate surface area is 179 Å². The van der Waals surface area contributed by atoms with Gasteiger partial charge in [0, 0.05) is 11.8 Å². The minimum absolute atomic E-state index is 0.0870. The van der Waals surface area contributed by atoms with Crippen molar-refractivity contribution in [1.29, 1.82) is 0 Å². The van der Waals surface area contributed by atoms with E-state index in [0.717, 1.165) is 31.7 Å². The maximum absolute atomic E-state index is 13.4. The lowest BCUT2D eigenvalue weighted by atomic mass is 9.72. The Morgan fingerprint density at radius 1 is 0.935 bits per heavy atom. The number of halogens is 3. The zero-order valence-electron chi connectivity index (χ0n) is 17.9. The lowest BCUT2D eigenvalue weighted by Gasteiger charge is -2.36. The first-order chi connectivity index (χ1) is 14.6. The first-order valence-corrected chi connectivity index (χ1v) is 10.6. The first kappa shape index (κ1) is 21.5. The molecule has 4 rings (SSSR count). The van der Waals surface area contributed by atoms with Crippen molar-refractivity contribution in [2.75, 3.05) is 0 Å². The Kier molecular flexibility index (Phi) is 5.62. The third-order valence-electron chi connectivity index (χ3n) is 6.16. The van der Waals surface area contributed by atoms with E-state index < -0.39 is 11.7 Å². The van der Waals surface area contributed by atoms with Crippen molar-refractivity contribution in [1.82, 2.24) is 15.0 Å². The summed E-state index contributed by atoms with van der Waals surface area (Å²) in [5, 5.41) is 0.689. The Hall–Kier alpha value is -2.70. The van der Waals surface area contributed by atoms with Gasteiger partial charge in [-0.1, -0.05) is 26.8 Å². The number of rotatable bonds is 3. The molecule has 2 aromatic heterocycles. The lowest BCUT2D eigenvalue weighted by molar-refractivity contribution is -0.137. The summed E-state index contributed by atoms with van der Waals surface area (Å²) in [6.45, 7) is 6.83. The molecular weight excluding hydrogens is 403 g/mol. The molecule has 0 spiro atoms. The minimum Gasteiger partial charge on any atom is -0.474 e. The van der Waals surface area contributed by atoms with Crippen molar-refractivity contribution < 1.29 is 17.9 Å². The summed E-state index contributed by atoms with van der Waals surface area (Å²) < 4.78 is 46.4. The van der Waals surface area contributed by atoms with Gasteiger partial charge in [-0.05, 0) is 61.3 Å². The maximum atomic E-state index is 13.4. The van der Waals surface area contributed by atoms with Gasteiger partial charge < -0.3 is 4.74 Å². The van der Waals surface area contributed by atoms with E-state index in [9.17, 15) is 13.2 Å². The van der Waals surface area contributed by atoms with Crippen LogP contribution in [0.15, 0.2) is 42.9 Å². The summed E-state index contributed by atoms with van der Waals surface area (Å²) >= 11 is 0. The second-order valence-electron chi connectivity index (χ2n) is 9.27. The Bertz CT molecular complexity index is 1070. The Morgan fingerprint density at radius 3 is 2.35 bits per heavy atom. The van der Waals surface area contributed by atoms with E-state index in [-0.39, 0.29) is 11.8 Å². The van der Waals surface area contributed by atoms with E-state index >= 15 is 0 Å². The zero-order valence-corrected chi connectivity index (χ0v) is 17.9. The van der Waals surface area contributed by atoms with Crippen LogP contribution in [0.25, 0.3) is 22.2 Å². The molecule has 1 aliphatic carbocycles. The standard InChI is InChI=1S/C24H26F3N3O/c1-23(2,3)16-7-9-17(10-8-16)31-22-18-11-6-15(13-20(18)29-14-30-22)21-19(24(25,26)27)5-4-12-28-21/h4-6,11-14,16-17H,7-10H2,1-3H3. The highest BCUT2D eigenvalue weighted by Gasteiger charge is 2.34. The van der Waals surface area contributed by atoms with Crippen LogP contribution in [0, 0.1) is 11.3 Å². The van der Waals surface area contributed by atoms with Crippen LogP contribution in [0.3, 0.4) is 0 Å². The molecule has 164 valence electrons. The monoisotopic (exact) mass is 429 g/mol. The van der Waals surface area contributed by atoms with Crippen LogP contribution in [-0.4, -0.2) is 21.1 Å². The fourth-order valence-corrected chi connectivity index (χ4v) is 4.34. The molecule has 7 heteroatoms. The number of fused-ring (bicyclic) bond motifs is 1. The van der Waals surface area contributed by atoms with Crippen molar-refractivity contribution >= 4 is 10.9 Å². The highest BCUT2D eigenvalue weighted by Crippen LogP contribution is 2.40. The number of pyridine rings is 1. The number of aromatic nitrogens is 3. The molecule has 0 aliphatic heterocycles. The van der Waals surface area contributed by atoms with Gasteiger partial charge in [-0.2, -0.15) is 13.2 Å².